The first-order valence-corrected chi connectivity index (χ1v) is 9.15. The molecule has 7 nitrogen and oxygen atoms in total. The van der Waals surface area contributed by atoms with Gasteiger partial charge in [0.2, 0.25) is 0 Å². The summed E-state index contributed by atoms with van der Waals surface area (Å²) in [5, 5.41) is 11.8. The Morgan fingerprint density at radius 3 is 2.42 bits per heavy atom. The van der Waals surface area contributed by atoms with Crippen molar-refractivity contribution in [3.05, 3.63) is 76.6 Å². The number of ether oxygens (including phenoxy) is 2. The third-order valence-electron chi connectivity index (χ3n) is 4.03. The van der Waals surface area contributed by atoms with Crippen LogP contribution in [0.25, 0.3) is 0 Å². The number of pyridine rings is 1. The Kier molecular flexibility index (Phi) is 6.66. The van der Waals surface area contributed by atoms with Crippen LogP contribution in [-0.4, -0.2) is 28.6 Å². The van der Waals surface area contributed by atoms with Crippen LogP contribution < -0.4 is 14.8 Å². The van der Waals surface area contributed by atoms with Gasteiger partial charge in [0, 0.05) is 11.1 Å². The van der Waals surface area contributed by atoms with Crippen molar-refractivity contribution in [3.8, 4) is 17.2 Å². The number of nitrogens with zero attached hydrogens (tertiary/aromatic N) is 1. The number of amides is 1. The van der Waals surface area contributed by atoms with Crippen LogP contribution in [-0.2, 0) is 0 Å². The van der Waals surface area contributed by atoms with Crippen LogP contribution >= 0.6 is 11.6 Å². The number of halogens is 3. The van der Waals surface area contributed by atoms with Crippen molar-refractivity contribution in [2.24, 2.45) is 0 Å². The average Bonchev–Trinajstić information content (AvgIpc) is 2.72. The fourth-order valence-electron chi connectivity index (χ4n) is 2.56. The molecule has 0 unspecified atom stereocenters. The molecule has 0 spiro atoms. The molecule has 31 heavy (non-hydrogen) atoms. The second-order valence-electron chi connectivity index (χ2n) is 6.22. The zero-order valence-corrected chi connectivity index (χ0v) is 16.7. The van der Waals surface area contributed by atoms with Gasteiger partial charge >= 0.3 is 12.6 Å². The molecule has 0 aliphatic rings. The van der Waals surface area contributed by atoms with E-state index in [0.29, 0.717) is 10.6 Å². The van der Waals surface area contributed by atoms with Crippen LogP contribution in [0.2, 0.25) is 5.02 Å². The molecule has 3 rings (SSSR count). The third-order valence-corrected chi connectivity index (χ3v) is 4.44. The quantitative estimate of drug-likeness (QED) is 0.503. The van der Waals surface area contributed by atoms with Crippen LogP contribution in [0.3, 0.4) is 0 Å². The third kappa shape index (κ3) is 5.46. The summed E-state index contributed by atoms with van der Waals surface area (Å²) in [4.78, 5) is 27.5. The van der Waals surface area contributed by atoms with Crippen LogP contribution in [0.15, 0.2) is 54.7 Å². The van der Waals surface area contributed by atoms with Crippen LogP contribution in [0.5, 0.6) is 17.2 Å². The molecular weight excluding hydrogens is 434 g/mol. The molecular formula is C21H15ClF2N2O5. The van der Waals surface area contributed by atoms with E-state index in [0.717, 1.165) is 0 Å². The summed E-state index contributed by atoms with van der Waals surface area (Å²) in [5.74, 6) is -2.05. The number of carbonyl (C=O) groups is 2. The molecule has 0 radical (unpaired) electrons. The Morgan fingerprint density at radius 2 is 1.81 bits per heavy atom. The Balaban J connectivity index is 1.92. The number of aromatic nitrogens is 1. The maximum atomic E-state index is 12.8. The molecule has 0 saturated carbocycles. The van der Waals surface area contributed by atoms with E-state index in [2.05, 4.69) is 15.0 Å². The number of carboxylic acids is 1. The smallest absolute Gasteiger partial charge is 0.387 e. The van der Waals surface area contributed by atoms with E-state index in [1.807, 2.05) is 0 Å². The zero-order chi connectivity index (χ0) is 22.5. The molecule has 2 aromatic carbocycles. The molecule has 0 aliphatic heterocycles. The van der Waals surface area contributed by atoms with Gasteiger partial charge in [-0.3, -0.25) is 4.79 Å². The number of para-hydroxylation sites is 2. The summed E-state index contributed by atoms with van der Waals surface area (Å²) in [7, 11) is 0. The van der Waals surface area contributed by atoms with Gasteiger partial charge < -0.3 is 19.9 Å². The van der Waals surface area contributed by atoms with Crippen molar-refractivity contribution in [3.63, 3.8) is 0 Å². The number of benzene rings is 2. The zero-order valence-electron chi connectivity index (χ0n) is 15.9. The first-order chi connectivity index (χ1) is 14.7. The van der Waals surface area contributed by atoms with Crippen LogP contribution in [0.1, 0.15) is 26.4 Å². The molecule has 0 saturated heterocycles. The minimum Gasteiger partial charge on any atom is -0.477 e. The van der Waals surface area contributed by atoms with Gasteiger partial charge in [-0.25, -0.2) is 9.78 Å². The topological polar surface area (TPSA) is 97.8 Å². The van der Waals surface area contributed by atoms with Crippen molar-refractivity contribution in [2.75, 3.05) is 5.32 Å². The number of rotatable bonds is 7. The molecule has 0 bridgehead atoms. The largest absolute Gasteiger partial charge is 0.477 e. The van der Waals surface area contributed by atoms with Crippen molar-refractivity contribution in [1.82, 2.24) is 4.98 Å². The highest BCUT2D eigenvalue weighted by atomic mass is 35.5. The number of nitrogens with one attached hydrogen (secondary N) is 1. The summed E-state index contributed by atoms with van der Waals surface area (Å²) in [6.07, 6.45) is 1.19. The Morgan fingerprint density at radius 1 is 1.10 bits per heavy atom. The molecule has 160 valence electrons. The molecule has 10 heteroatoms. The van der Waals surface area contributed by atoms with Gasteiger partial charge in [-0.2, -0.15) is 8.78 Å². The van der Waals surface area contributed by atoms with Crippen molar-refractivity contribution < 1.29 is 33.0 Å². The fraction of sp³-hybridized carbons (Fsp3) is 0.0952. The van der Waals surface area contributed by atoms with Crippen molar-refractivity contribution >= 4 is 29.2 Å². The lowest BCUT2D eigenvalue weighted by Gasteiger charge is -2.15. The molecule has 0 fully saturated rings. The predicted molar refractivity (Wildman–Crippen MR) is 108 cm³/mol. The highest BCUT2D eigenvalue weighted by molar-refractivity contribution is 6.31. The SMILES string of the molecule is Cc1cc(C(=O)Nc2ccc(C(=O)O)nc2)c(Oc2ccccc2OC(F)F)cc1Cl. The molecule has 0 atom stereocenters. The van der Waals surface area contributed by atoms with Gasteiger partial charge in [0.05, 0.1) is 17.4 Å². The first kappa shape index (κ1) is 22.0. The van der Waals surface area contributed by atoms with Gasteiger partial charge in [0.25, 0.3) is 5.91 Å². The molecule has 0 aliphatic carbocycles. The normalized spacial score (nSPS) is 10.6. The Labute approximate surface area is 180 Å². The van der Waals surface area contributed by atoms with Crippen molar-refractivity contribution in [1.29, 1.82) is 0 Å². The number of hydrogen-bond donors (Lipinski definition) is 2. The first-order valence-electron chi connectivity index (χ1n) is 8.77. The number of carboxylic acid groups (broad SMARTS) is 1. The van der Waals surface area contributed by atoms with E-state index in [-0.39, 0.29) is 34.2 Å². The lowest BCUT2D eigenvalue weighted by Crippen LogP contribution is -2.14. The summed E-state index contributed by atoms with van der Waals surface area (Å²) >= 11 is 6.16. The van der Waals surface area contributed by atoms with E-state index >= 15 is 0 Å². The predicted octanol–water partition coefficient (Wildman–Crippen LogP) is 5.39. The number of hydrogen-bond acceptors (Lipinski definition) is 5. The number of aromatic carboxylic acids is 1. The number of alkyl halides is 2. The highest BCUT2D eigenvalue weighted by Crippen LogP contribution is 2.36. The van der Waals surface area contributed by atoms with Gasteiger partial charge in [0.15, 0.2) is 11.5 Å². The molecule has 1 heterocycles. The van der Waals surface area contributed by atoms with Gasteiger partial charge in [-0.1, -0.05) is 23.7 Å². The summed E-state index contributed by atoms with van der Waals surface area (Å²) in [6.45, 7) is -1.38. The van der Waals surface area contributed by atoms with E-state index in [1.165, 1.54) is 48.7 Å². The van der Waals surface area contributed by atoms with E-state index in [1.54, 1.807) is 13.0 Å². The van der Waals surface area contributed by atoms with E-state index < -0.39 is 18.5 Å². The standard InChI is InChI=1S/C21H15ClF2N2O5/c1-11-8-13(19(27)26-12-6-7-15(20(28)29)25-10-12)18(9-14(11)22)30-16-4-2-3-5-17(16)31-21(23)24/h2-10,21H,1H3,(H,26,27)(H,28,29). The van der Waals surface area contributed by atoms with Gasteiger partial charge in [-0.15, -0.1) is 0 Å². The van der Waals surface area contributed by atoms with Gasteiger partial charge in [-0.05, 0) is 42.8 Å². The van der Waals surface area contributed by atoms with Crippen molar-refractivity contribution in [2.45, 2.75) is 13.5 Å². The molecule has 1 amide bonds. The summed E-state index contributed by atoms with van der Waals surface area (Å²) in [6, 6.07) is 11.2. The monoisotopic (exact) mass is 448 g/mol. The average molecular weight is 449 g/mol. The molecule has 2 N–H and O–H groups in total. The second-order valence-corrected chi connectivity index (χ2v) is 6.62. The van der Waals surface area contributed by atoms with E-state index in [4.69, 9.17) is 21.4 Å². The maximum absolute atomic E-state index is 12.8. The highest BCUT2D eigenvalue weighted by Gasteiger charge is 2.19. The Hall–Kier alpha value is -3.72. The molecule has 3 aromatic rings. The lowest BCUT2D eigenvalue weighted by atomic mass is 10.1. The second kappa shape index (κ2) is 9.40. The molecule has 1 aromatic heterocycles. The number of anilines is 1. The van der Waals surface area contributed by atoms with Crippen LogP contribution in [0.4, 0.5) is 14.5 Å². The number of aryl methyl sites for hydroxylation is 1. The van der Waals surface area contributed by atoms with Gasteiger partial charge in [0.1, 0.15) is 11.4 Å². The lowest BCUT2D eigenvalue weighted by molar-refractivity contribution is -0.0510. The minimum absolute atomic E-state index is 0.00790. The summed E-state index contributed by atoms with van der Waals surface area (Å²) in [5.41, 5.74) is 0.710. The fourth-order valence-corrected chi connectivity index (χ4v) is 2.72. The van der Waals surface area contributed by atoms with E-state index in [9.17, 15) is 18.4 Å². The van der Waals surface area contributed by atoms with Crippen LogP contribution in [0, 0.1) is 6.92 Å². The Bertz CT molecular complexity index is 1120. The minimum atomic E-state index is -3.06. The number of carbonyl (C=O) groups excluding carboxylic acids is 1. The maximum Gasteiger partial charge on any atom is 0.387 e. The summed E-state index contributed by atoms with van der Waals surface area (Å²) < 4.78 is 35.5.